The highest BCUT2D eigenvalue weighted by molar-refractivity contribution is 7.10. The maximum absolute atomic E-state index is 4.13. The van der Waals surface area contributed by atoms with Gasteiger partial charge in [0, 0.05) is 18.0 Å². The van der Waals surface area contributed by atoms with Gasteiger partial charge in [-0.05, 0) is 34.6 Å². The second-order valence-electron chi connectivity index (χ2n) is 4.30. The molecule has 0 radical (unpaired) electrons. The van der Waals surface area contributed by atoms with Gasteiger partial charge in [-0.1, -0.05) is 43.8 Å². The lowest BCUT2D eigenvalue weighted by molar-refractivity contribution is 0.772. The summed E-state index contributed by atoms with van der Waals surface area (Å²) in [5, 5.41) is 5.64. The van der Waals surface area contributed by atoms with Crippen molar-refractivity contribution < 1.29 is 0 Å². The highest BCUT2D eigenvalue weighted by atomic mass is 32.1. The minimum absolute atomic E-state index is 0.838. The molecule has 0 atom stereocenters. The quantitative estimate of drug-likeness (QED) is 0.821. The molecule has 1 nitrogen and oxygen atoms in total. The normalized spacial score (nSPS) is 10.5. The van der Waals surface area contributed by atoms with Crippen molar-refractivity contribution in [1.29, 1.82) is 0 Å². The predicted octanol–water partition coefficient (Wildman–Crippen LogP) is 4.11. The van der Waals surface area contributed by atoms with Crippen molar-refractivity contribution in [3.63, 3.8) is 0 Å². The molecule has 1 heterocycles. The minimum Gasteiger partial charge on any atom is -0.308 e. The van der Waals surface area contributed by atoms with Gasteiger partial charge in [-0.15, -0.1) is 11.3 Å². The summed E-state index contributed by atoms with van der Waals surface area (Å²) in [6.45, 7) is 8.11. The van der Waals surface area contributed by atoms with Crippen molar-refractivity contribution in [1.82, 2.24) is 5.32 Å². The zero-order chi connectivity index (χ0) is 12.8. The van der Waals surface area contributed by atoms with E-state index in [4.69, 9.17) is 0 Å². The van der Waals surface area contributed by atoms with Gasteiger partial charge in [0.05, 0.1) is 0 Å². The Kier molecular flexibility index (Phi) is 4.73. The number of rotatable bonds is 6. The molecule has 0 spiro atoms. The molecule has 0 saturated carbocycles. The van der Waals surface area contributed by atoms with Crippen LogP contribution in [0, 0.1) is 0 Å². The van der Waals surface area contributed by atoms with Crippen LogP contribution in [0.2, 0.25) is 0 Å². The number of hydrogen-bond donors (Lipinski definition) is 1. The molecule has 0 saturated heterocycles. The number of aryl methyl sites for hydroxylation is 1. The third kappa shape index (κ3) is 3.31. The lowest BCUT2D eigenvalue weighted by Gasteiger charge is -2.08. The van der Waals surface area contributed by atoms with Crippen LogP contribution in [0.4, 0.5) is 0 Å². The van der Waals surface area contributed by atoms with Crippen LogP contribution in [0.15, 0.2) is 48.4 Å². The van der Waals surface area contributed by atoms with E-state index < -0.39 is 0 Å². The molecule has 2 aromatic rings. The first-order chi connectivity index (χ1) is 8.81. The fourth-order valence-electron chi connectivity index (χ4n) is 1.94. The van der Waals surface area contributed by atoms with Gasteiger partial charge < -0.3 is 5.32 Å². The number of nitrogens with one attached hydrogen (secondary N) is 1. The molecule has 18 heavy (non-hydrogen) atoms. The molecule has 0 aliphatic rings. The molecule has 0 bridgehead atoms. The van der Waals surface area contributed by atoms with Crippen molar-refractivity contribution in [2.75, 3.05) is 6.54 Å². The topological polar surface area (TPSA) is 12.0 Å². The van der Waals surface area contributed by atoms with Crippen LogP contribution in [-0.4, -0.2) is 6.54 Å². The van der Waals surface area contributed by atoms with Gasteiger partial charge in [-0.3, -0.25) is 0 Å². The maximum atomic E-state index is 4.13. The van der Waals surface area contributed by atoms with Crippen LogP contribution in [0.5, 0.6) is 0 Å². The summed E-state index contributed by atoms with van der Waals surface area (Å²) < 4.78 is 0. The molecule has 1 N–H and O–H groups in total. The predicted molar refractivity (Wildman–Crippen MR) is 80.9 cm³/mol. The van der Waals surface area contributed by atoms with Crippen molar-refractivity contribution in [2.45, 2.75) is 19.9 Å². The van der Waals surface area contributed by atoms with Gasteiger partial charge in [-0.25, -0.2) is 0 Å². The Bertz CT molecular complexity index is 499. The zero-order valence-corrected chi connectivity index (χ0v) is 11.6. The van der Waals surface area contributed by atoms with Gasteiger partial charge >= 0.3 is 0 Å². The molecular formula is C16H19NS. The zero-order valence-electron chi connectivity index (χ0n) is 10.8. The molecule has 0 amide bonds. The molecule has 2 rings (SSSR count). The SMILES string of the molecule is C=C(CNCc1sccc1CC)c1ccccc1. The standard InChI is InChI=1S/C16H19NS/c1-3-14-9-10-18-16(14)12-17-11-13(2)15-7-5-4-6-8-15/h4-10,17H,2-3,11-12H2,1H3. The lowest BCUT2D eigenvalue weighted by Crippen LogP contribution is -2.15. The second-order valence-corrected chi connectivity index (χ2v) is 5.30. The lowest BCUT2D eigenvalue weighted by atomic mass is 10.1. The van der Waals surface area contributed by atoms with Gasteiger partial charge in [-0.2, -0.15) is 0 Å². The van der Waals surface area contributed by atoms with Crippen molar-refractivity contribution in [2.24, 2.45) is 0 Å². The van der Waals surface area contributed by atoms with Gasteiger partial charge in [0.1, 0.15) is 0 Å². The summed E-state index contributed by atoms with van der Waals surface area (Å²) in [6, 6.07) is 12.6. The summed E-state index contributed by atoms with van der Waals surface area (Å²) in [7, 11) is 0. The second kappa shape index (κ2) is 6.53. The fourth-order valence-corrected chi connectivity index (χ4v) is 2.89. The molecule has 0 unspecified atom stereocenters. The number of thiophene rings is 1. The molecule has 0 aliphatic heterocycles. The fraction of sp³-hybridized carbons (Fsp3) is 0.250. The summed E-state index contributed by atoms with van der Waals surface area (Å²) >= 11 is 1.83. The third-order valence-electron chi connectivity index (χ3n) is 3.02. The molecule has 0 aliphatic carbocycles. The van der Waals surface area contributed by atoms with E-state index >= 15 is 0 Å². The maximum Gasteiger partial charge on any atom is 0.0305 e. The van der Waals surface area contributed by atoms with E-state index in [9.17, 15) is 0 Å². The van der Waals surface area contributed by atoms with E-state index in [-0.39, 0.29) is 0 Å². The van der Waals surface area contributed by atoms with E-state index in [2.05, 4.69) is 54.5 Å². The summed E-state index contributed by atoms with van der Waals surface area (Å²) in [4.78, 5) is 1.44. The van der Waals surface area contributed by atoms with Crippen molar-refractivity contribution in [3.8, 4) is 0 Å². The third-order valence-corrected chi connectivity index (χ3v) is 3.99. The van der Waals surface area contributed by atoms with Crippen LogP contribution in [-0.2, 0) is 13.0 Å². The average Bonchev–Trinajstić information content (AvgIpc) is 2.87. The highest BCUT2D eigenvalue weighted by Crippen LogP contribution is 2.17. The minimum atomic E-state index is 0.838. The van der Waals surface area contributed by atoms with Crippen molar-refractivity contribution >= 4 is 16.9 Å². The molecule has 2 heteroatoms. The van der Waals surface area contributed by atoms with Crippen LogP contribution in [0.3, 0.4) is 0 Å². The first-order valence-corrected chi connectivity index (χ1v) is 7.18. The first-order valence-electron chi connectivity index (χ1n) is 6.30. The monoisotopic (exact) mass is 257 g/mol. The Balaban J connectivity index is 1.84. The van der Waals surface area contributed by atoms with E-state index in [1.54, 1.807) is 0 Å². The van der Waals surface area contributed by atoms with Crippen LogP contribution in [0.25, 0.3) is 5.57 Å². The Hall–Kier alpha value is -1.38. The van der Waals surface area contributed by atoms with Crippen LogP contribution in [0.1, 0.15) is 22.9 Å². The van der Waals surface area contributed by atoms with E-state index in [1.165, 1.54) is 16.0 Å². The number of benzene rings is 1. The summed E-state index contributed by atoms with van der Waals surface area (Å²) in [5.74, 6) is 0. The molecule has 94 valence electrons. The first kappa shape index (κ1) is 13.1. The van der Waals surface area contributed by atoms with Crippen molar-refractivity contribution in [3.05, 3.63) is 64.4 Å². The average molecular weight is 257 g/mol. The van der Waals surface area contributed by atoms with E-state index in [1.807, 2.05) is 17.4 Å². The van der Waals surface area contributed by atoms with Gasteiger partial charge in [0.15, 0.2) is 0 Å². The molecule has 0 fully saturated rings. The Morgan fingerprint density at radius 1 is 1.22 bits per heavy atom. The largest absolute Gasteiger partial charge is 0.308 e. The smallest absolute Gasteiger partial charge is 0.0305 e. The summed E-state index contributed by atoms with van der Waals surface area (Å²) in [6.07, 6.45) is 1.11. The molecule has 1 aromatic heterocycles. The van der Waals surface area contributed by atoms with E-state index in [0.29, 0.717) is 0 Å². The summed E-state index contributed by atoms with van der Waals surface area (Å²) in [5.41, 5.74) is 3.81. The van der Waals surface area contributed by atoms with Crippen LogP contribution >= 0.6 is 11.3 Å². The van der Waals surface area contributed by atoms with E-state index in [0.717, 1.165) is 25.1 Å². The Morgan fingerprint density at radius 3 is 2.72 bits per heavy atom. The van der Waals surface area contributed by atoms with Gasteiger partial charge in [0.2, 0.25) is 0 Å². The van der Waals surface area contributed by atoms with Crippen LogP contribution < -0.4 is 5.32 Å². The molecular weight excluding hydrogens is 238 g/mol. The Labute approximate surface area is 113 Å². The molecule has 1 aromatic carbocycles. The number of hydrogen-bond acceptors (Lipinski definition) is 2. The highest BCUT2D eigenvalue weighted by Gasteiger charge is 2.02. The van der Waals surface area contributed by atoms with Gasteiger partial charge in [0.25, 0.3) is 0 Å². The Morgan fingerprint density at radius 2 is 2.00 bits per heavy atom.